The molecule has 7 nitrogen and oxygen atoms in total. The van der Waals surface area contributed by atoms with E-state index < -0.39 is 36.3 Å². The number of hydrogen-bond acceptors (Lipinski definition) is 7. The second kappa shape index (κ2) is 12.8. The summed E-state index contributed by atoms with van der Waals surface area (Å²) in [5.74, 6) is 2.72. The fourth-order valence-electron chi connectivity index (χ4n) is 4.42. The van der Waals surface area contributed by atoms with E-state index >= 15 is 0 Å². The second-order valence-corrected chi connectivity index (χ2v) is 12.4. The van der Waals surface area contributed by atoms with Gasteiger partial charge in [0.2, 0.25) is 0 Å². The maximum absolute atomic E-state index is 13.0. The van der Waals surface area contributed by atoms with Crippen molar-refractivity contribution >= 4 is 63.9 Å². The molecule has 0 atom stereocenters. The van der Waals surface area contributed by atoms with Crippen LogP contribution in [-0.4, -0.2) is 52.0 Å². The third kappa shape index (κ3) is 6.50. The maximum atomic E-state index is 13.0. The van der Waals surface area contributed by atoms with Gasteiger partial charge in [-0.3, -0.25) is 0 Å². The number of rotatable bonds is 10. The number of para-hydroxylation sites is 2. The van der Waals surface area contributed by atoms with Crippen LogP contribution in [0.3, 0.4) is 0 Å². The zero-order chi connectivity index (χ0) is 28.9. The molecule has 2 radical (unpaired) electrons. The second-order valence-electron chi connectivity index (χ2n) is 9.60. The SMILES string of the molecule is Cc1ccc2cccc([O][Ga][O]c3ccc(C(=O)c4ccc([O][Ga][O]c5cccc6ccc(C)nc56)cc4)cc3)c2n1. The Hall–Kier alpha value is -4.16. The zero-order valence-electron chi connectivity index (χ0n) is 23.0. The van der Waals surface area contributed by atoms with Gasteiger partial charge in [-0.05, 0) is 0 Å². The van der Waals surface area contributed by atoms with Crippen molar-refractivity contribution in [3.63, 3.8) is 0 Å². The molecule has 0 unspecified atom stereocenters. The first-order valence-corrected chi connectivity index (χ1v) is 17.3. The Kier molecular flexibility index (Phi) is 8.52. The third-order valence-electron chi connectivity index (χ3n) is 6.60. The van der Waals surface area contributed by atoms with E-state index in [1.165, 1.54) is 0 Å². The number of hydrogen-bond donors (Lipinski definition) is 0. The van der Waals surface area contributed by atoms with Gasteiger partial charge in [-0.2, -0.15) is 0 Å². The van der Waals surface area contributed by atoms with E-state index in [-0.39, 0.29) is 5.78 Å². The number of fused-ring (bicyclic) bond motifs is 2. The number of nitrogens with zero attached hydrogens (tertiary/aromatic N) is 2. The summed E-state index contributed by atoms with van der Waals surface area (Å²) >= 11 is -3.06. The van der Waals surface area contributed by atoms with Crippen molar-refractivity contribution in [1.29, 1.82) is 0 Å². The van der Waals surface area contributed by atoms with Gasteiger partial charge in [0.05, 0.1) is 0 Å². The molecule has 0 saturated carbocycles. The van der Waals surface area contributed by atoms with E-state index in [0.717, 1.165) is 44.7 Å². The number of benzene rings is 4. The molecular formula is C33H24Ga2N2O5. The van der Waals surface area contributed by atoms with Crippen molar-refractivity contribution in [2.24, 2.45) is 0 Å². The van der Waals surface area contributed by atoms with Gasteiger partial charge >= 0.3 is 261 Å². The summed E-state index contributed by atoms with van der Waals surface area (Å²) < 4.78 is 23.8. The molecule has 9 heteroatoms. The molecule has 0 spiro atoms. The molecule has 6 aromatic rings. The van der Waals surface area contributed by atoms with Gasteiger partial charge in [0, 0.05) is 0 Å². The Morgan fingerprint density at radius 3 is 1.38 bits per heavy atom. The summed E-state index contributed by atoms with van der Waals surface area (Å²) in [6, 6.07) is 34.0. The Bertz CT molecular complexity index is 1740. The van der Waals surface area contributed by atoms with Crippen LogP contribution < -0.4 is 14.1 Å². The van der Waals surface area contributed by atoms with Crippen LogP contribution in [0.5, 0.6) is 23.0 Å². The van der Waals surface area contributed by atoms with Gasteiger partial charge in [-0.15, -0.1) is 0 Å². The number of pyridine rings is 2. The Morgan fingerprint density at radius 1 is 0.524 bits per heavy atom. The summed E-state index contributed by atoms with van der Waals surface area (Å²) in [5.41, 5.74) is 4.70. The topological polar surface area (TPSA) is 79.8 Å². The predicted molar refractivity (Wildman–Crippen MR) is 163 cm³/mol. The first-order valence-electron chi connectivity index (χ1n) is 13.3. The van der Waals surface area contributed by atoms with Crippen LogP contribution in [0, 0.1) is 13.8 Å². The summed E-state index contributed by atoms with van der Waals surface area (Å²) in [7, 11) is 0. The normalized spacial score (nSPS) is 10.7. The molecular weight excluding hydrogens is 644 g/mol. The van der Waals surface area contributed by atoms with Crippen molar-refractivity contribution in [3.8, 4) is 23.0 Å². The van der Waals surface area contributed by atoms with Gasteiger partial charge in [-0.1, -0.05) is 0 Å². The van der Waals surface area contributed by atoms with E-state index in [2.05, 4.69) is 9.97 Å². The van der Waals surface area contributed by atoms with E-state index in [9.17, 15) is 4.79 Å². The number of aryl methyl sites for hydroxylation is 2. The molecule has 0 aliphatic heterocycles. The van der Waals surface area contributed by atoms with Gasteiger partial charge in [0.25, 0.3) is 0 Å². The van der Waals surface area contributed by atoms with E-state index in [4.69, 9.17) is 14.1 Å². The predicted octanol–water partition coefficient (Wildman–Crippen LogP) is 6.61. The van der Waals surface area contributed by atoms with E-state index in [1.807, 2.05) is 74.5 Å². The molecule has 4 aromatic carbocycles. The van der Waals surface area contributed by atoms with Crippen LogP contribution in [0.25, 0.3) is 21.8 Å². The summed E-state index contributed by atoms with van der Waals surface area (Å²) in [5, 5.41) is 2.06. The molecule has 42 heavy (non-hydrogen) atoms. The molecule has 2 heterocycles. The molecule has 202 valence electrons. The van der Waals surface area contributed by atoms with Gasteiger partial charge in [0.1, 0.15) is 0 Å². The van der Waals surface area contributed by atoms with Crippen LogP contribution in [0.2, 0.25) is 0 Å². The first-order chi connectivity index (χ1) is 20.5. The summed E-state index contributed by atoms with van der Waals surface area (Å²) in [6.07, 6.45) is 0. The van der Waals surface area contributed by atoms with E-state index in [1.54, 1.807) is 48.5 Å². The van der Waals surface area contributed by atoms with Crippen LogP contribution >= 0.6 is 0 Å². The molecule has 0 amide bonds. The van der Waals surface area contributed by atoms with Crippen LogP contribution in [0.15, 0.2) is 109 Å². The number of carbonyl (C=O) groups excluding carboxylic acids is 1. The molecule has 6 rings (SSSR count). The van der Waals surface area contributed by atoms with Crippen molar-refractivity contribution in [1.82, 2.24) is 9.97 Å². The average molecular weight is 668 g/mol. The molecule has 0 bridgehead atoms. The molecule has 0 aliphatic rings. The molecule has 0 saturated heterocycles. The Balaban J connectivity index is 1.02. The first kappa shape index (κ1) is 28.0. The number of ketones is 1. The zero-order valence-corrected chi connectivity index (χ0v) is 27.8. The fourth-order valence-corrected chi connectivity index (χ4v) is 6.98. The van der Waals surface area contributed by atoms with Gasteiger partial charge in [0.15, 0.2) is 0 Å². The quantitative estimate of drug-likeness (QED) is 0.120. The Labute approximate surface area is 260 Å². The van der Waals surface area contributed by atoms with Crippen LogP contribution in [-0.2, 0) is 0 Å². The number of aromatic nitrogens is 2. The number of carbonyl (C=O) groups is 1. The molecule has 0 fully saturated rings. The van der Waals surface area contributed by atoms with Crippen LogP contribution in [0.1, 0.15) is 27.3 Å². The van der Waals surface area contributed by atoms with Crippen molar-refractivity contribution < 1.29 is 18.9 Å². The third-order valence-corrected chi connectivity index (χ3v) is 9.61. The van der Waals surface area contributed by atoms with Crippen molar-refractivity contribution in [2.45, 2.75) is 13.8 Å². The molecule has 0 aliphatic carbocycles. The monoisotopic (exact) mass is 666 g/mol. The van der Waals surface area contributed by atoms with Crippen molar-refractivity contribution in [3.05, 3.63) is 132 Å². The molecule has 0 N–H and O–H groups in total. The minimum atomic E-state index is -1.53. The minimum absolute atomic E-state index is 0.0763. The van der Waals surface area contributed by atoms with Crippen LogP contribution in [0.4, 0.5) is 0 Å². The average Bonchev–Trinajstić information content (AvgIpc) is 3.02. The van der Waals surface area contributed by atoms with Gasteiger partial charge in [-0.25, -0.2) is 0 Å². The van der Waals surface area contributed by atoms with Crippen molar-refractivity contribution in [2.75, 3.05) is 0 Å². The summed E-state index contributed by atoms with van der Waals surface area (Å²) in [6.45, 7) is 3.92. The van der Waals surface area contributed by atoms with E-state index in [0.29, 0.717) is 22.6 Å². The van der Waals surface area contributed by atoms with Gasteiger partial charge < -0.3 is 0 Å². The standard InChI is InChI=1S/C13H10O3.2C10H9NO.2Ga/c14-11-5-1-9(2-6-11)13(16)10-3-7-12(15)8-4-10;2*1-7-5-6-8-3-2-4-9(12)10(8)11-7;;/h1-8,14-15H;2*2-6,12H,1H3;;/q;;;2*+2/p-4. The Morgan fingerprint density at radius 2 is 0.952 bits per heavy atom. The summed E-state index contributed by atoms with van der Waals surface area (Å²) in [4.78, 5) is 22.2. The fraction of sp³-hybridized carbons (Fsp3) is 0.0606. The molecule has 2 aromatic heterocycles.